The zero-order chi connectivity index (χ0) is 27.0. The number of allylic oxidation sites excluding steroid dienone is 4. The monoisotopic (exact) mass is 508 g/mol. The van der Waals surface area contributed by atoms with Crippen LogP contribution in [0.25, 0.3) is 0 Å². The average Bonchev–Trinajstić information content (AvgIpc) is 3.62. The molecule has 3 rings (SSSR count). The third-order valence-corrected chi connectivity index (χ3v) is 6.41. The summed E-state index contributed by atoms with van der Waals surface area (Å²) in [6.07, 6.45) is 16.7. The number of hydrogen-bond donors (Lipinski definition) is 3. The summed E-state index contributed by atoms with van der Waals surface area (Å²) in [5, 5.41) is 16.5. The van der Waals surface area contributed by atoms with E-state index in [-0.39, 0.29) is 24.0 Å². The normalized spacial score (nSPS) is 15.5. The van der Waals surface area contributed by atoms with Crippen LogP contribution in [0.3, 0.4) is 0 Å². The average molecular weight is 509 g/mol. The molecule has 0 fully saturated rings. The standard InChI is InChI=1S/C27H40N8O2/c1-8-11-12-13-14-15-28-20(6)27(21-16-30-34(7)18-21,25-33-35(19(4)5)26(36)37-25)32-23(10-3)24-29-17-22(9-2)31-24/h8,11-14,16-20,23,28,32H,1,9-10,15H2,2-7H3,(H,29,31)/b12-11-,14-13-/t20?,23-,27?/m1/s1. The molecule has 0 bridgehead atoms. The molecule has 0 saturated carbocycles. The van der Waals surface area contributed by atoms with E-state index < -0.39 is 11.3 Å². The lowest BCUT2D eigenvalue weighted by atomic mass is 9.83. The molecule has 10 nitrogen and oxygen atoms in total. The molecule has 200 valence electrons. The molecule has 0 aromatic carbocycles. The number of aryl methyl sites for hydroxylation is 2. The minimum absolute atomic E-state index is 0.154. The fraction of sp³-hybridized carbons (Fsp3) is 0.481. The second-order valence-electron chi connectivity index (χ2n) is 9.35. The van der Waals surface area contributed by atoms with E-state index >= 15 is 0 Å². The molecule has 0 saturated heterocycles. The Morgan fingerprint density at radius 2 is 2.00 bits per heavy atom. The van der Waals surface area contributed by atoms with Crippen LogP contribution in [-0.4, -0.2) is 42.1 Å². The van der Waals surface area contributed by atoms with Gasteiger partial charge in [-0.3, -0.25) is 10.00 Å². The number of nitrogens with zero attached hydrogens (tertiary/aromatic N) is 5. The van der Waals surface area contributed by atoms with Crippen LogP contribution < -0.4 is 16.4 Å². The largest absolute Gasteiger partial charge is 0.437 e. The molecule has 37 heavy (non-hydrogen) atoms. The minimum Gasteiger partial charge on any atom is -0.390 e. The van der Waals surface area contributed by atoms with Gasteiger partial charge in [0.2, 0.25) is 5.89 Å². The maximum absolute atomic E-state index is 12.8. The van der Waals surface area contributed by atoms with Crippen LogP contribution in [0, 0.1) is 0 Å². The van der Waals surface area contributed by atoms with Gasteiger partial charge in [-0.1, -0.05) is 50.8 Å². The number of nitrogens with one attached hydrogen (secondary N) is 3. The zero-order valence-electron chi connectivity index (χ0n) is 22.7. The Kier molecular flexibility index (Phi) is 9.60. The zero-order valence-corrected chi connectivity index (χ0v) is 22.7. The summed E-state index contributed by atoms with van der Waals surface area (Å²) in [7, 11) is 1.86. The molecule has 2 unspecified atom stereocenters. The number of imidazole rings is 1. The van der Waals surface area contributed by atoms with Crippen molar-refractivity contribution in [3.63, 3.8) is 0 Å². The Hall–Kier alpha value is -3.50. The minimum atomic E-state index is -1.03. The summed E-state index contributed by atoms with van der Waals surface area (Å²) in [5.74, 6) is 0.594. The molecular formula is C27H40N8O2. The van der Waals surface area contributed by atoms with Gasteiger partial charge in [-0.2, -0.15) is 9.78 Å². The third kappa shape index (κ3) is 6.26. The lowest BCUT2D eigenvalue weighted by molar-refractivity contribution is 0.211. The first-order valence-electron chi connectivity index (χ1n) is 12.8. The van der Waals surface area contributed by atoms with Crippen molar-refractivity contribution in [2.75, 3.05) is 6.54 Å². The summed E-state index contributed by atoms with van der Waals surface area (Å²) in [4.78, 5) is 20.9. The fourth-order valence-electron chi connectivity index (χ4n) is 4.29. The Bertz CT molecular complexity index is 1260. The molecule has 0 radical (unpaired) electrons. The highest BCUT2D eigenvalue weighted by Gasteiger charge is 2.47. The molecule has 3 N–H and O–H groups in total. The number of H-pyrrole nitrogens is 1. The summed E-state index contributed by atoms with van der Waals surface area (Å²) < 4.78 is 8.99. The highest BCUT2D eigenvalue weighted by atomic mass is 16.4. The molecular weight excluding hydrogens is 468 g/mol. The van der Waals surface area contributed by atoms with Gasteiger partial charge in [0, 0.05) is 43.3 Å². The second kappa shape index (κ2) is 12.6. The van der Waals surface area contributed by atoms with Gasteiger partial charge in [-0.05, 0) is 33.6 Å². The molecule has 0 aliphatic rings. The first-order valence-corrected chi connectivity index (χ1v) is 12.8. The molecule has 0 aliphatic carbocycles. The molecule has 0 aliphatic heterocycles. The van der Waals surface area contributed by atoms with E-state index in [1.807, 2.05) is 64.5 Å². The van der Waals surface area contributed by atoms with E-state index in [4.69, 9.17) is 4.42 Å². The molecule has 10 heteroatoms. The van der Waals surface area contributed by atoms with Crippen molar-refractivity contribution in [3.05, 3.63) is 89.1 Å². The number of rotatable bonds is 14. The first kappa shape index (κ1) is 28.1. The Morgan fingerprint density at radius 1 is 1.22 bits per heavy atom. The van der Waals surface area contributed by atoms with Gasteiger partial charge in [0.25, 0.3) is 0 Å². The van der Waals surface area contributed by atoms with E-state index in [1.165, 1.54) is 4.68 Å². The highest BCUT2D eigenvalue weighted by Crippen LogP contribution is 2.35. The van der Waals surface area contributed by atoms with Crippen molar-refractivity contribution in [2.24, 2.45) is 7.05 Å². The van der Waals surface area contributed by atoms with E-state index in [0.717, 1.165) is 29.9 Å². The van der Waals surface area contributed by atoms with Crippen LogP contribution in [0.1, 0.15) is 76.1 Å². The lowest BCUT2D eigenvalue weighted by Gasteiger charge is -2.39. The molecule has 0 amide bonds. The Labute approximate surface area is 218 Å². The van der Waals surface area contributed by atoms with Gasteiger partial charge in [0.15, 0.2) is 0 Å². The van der Waals surface area contributed by atoms with Crippen LogP contribution in [0.4, 0.5) is 0 Å². The van der Waals surface area contributed by atoms with Crippen LogP contribution in [0.5, 0.6) is 0 Å². The Balaban J connectivity index is 2.14. The first-order chi connectivity index (χ1) is 17.8. The van der Waals surface area contributed by atoms with Crippen LogP contribution in [0.15, 0.2) is 64.8 Å². The summed E-state index contributed by atoms with van der Waals surface area (Å²) in [6, 6.07) is -0.595. The van der Waals surface area contributed by atoms with E-state index in [2.05, 4.69) is 51.2 Å². The maximum Gasteiger partial charge on any atom is 0.437 e. The summed E-state index contributed by atoms with van der Waals surface area (Å²) in [6.45, 7) is 14.3. The Morgan fingerprint density at radius 3 is 2.57 bits per heavy atom. The highest BCUT2D eigenvalue weighted by molar-refractivity contribution is 5.31. The fourth-order valence-corrected chi connectivity index (χ4v) is 4.29. The van der Waals surface area contributed by atoms with Crippen molar-refractivity contribution in [3.8, 4) is 0 Å². The van der Waals surface area contributed by atoms with Crippen LogP contribution >= 0.6 is 0 Å². The van der Waals surface area contributed by atoms with Crippen LogP contribution in [-0.2, 0) is 19.0 Å². The van der Waals surface area contributed by atoms with Crippen molar-refractivity contribution in [1.82, 2.24) is 40.2 Å². The topological polar surface area (TPSA) is 119 Å². The molecule has 0 spiro atoms. The van der Waals surface area contributed by atoms with Gasteiger partial charge in [-0.15, -0.1) is 5.10 Å². The van der Waals surface area contributed by atoms with Crippen LogP contribution in [0.2, 0.25) is 0 Å². The van der Waals surface area contributed by atoms with Gasteiger partial charge in [0.1, 0.15) is 11.4 Å². The van der Waals surface area contributed by atoms with Gasteiger partial charge >= 0.3 is 5.76 Å². The molecule has 3 aromatic rings. The molecule has 3 atom stereocenters. The smallest absolute Gasteiger partial charge is 0.390 e. The quantitative estimate of drug-likeness (QED) is 0.284. The van der Waals surface area contributed by atoms with Gasteiger partial charge in [-0.25, -0.2) is 9.78 Å². The maximum atomic E-state index is 12.8. The summed E-state index contributed by atoms with van der Waals surface area (Å²) in [5.41, 5.74) is 0.850. The predicted molar refractivity (Wildman–Crippen MR) is 145 cm³/mol. The van der Waals surface area contributed by atoms with Crippen molar-refractivity contribution in [2.45, 2.75) is 71.1 Å². The predicted octanol–water partition coefficient (Wildman–Crippen LogP) is 3.70. The third-order valence-electron chi connectivity index (χ3n) is 6.41. The molecule has 3 heterocycles. The second-order valence-corrected chi connectivity index (χ2v) is 9.35. The lowest BCUT2D eigenvalue weighted by Crippen LogP contribution is -2.58. The van der Waals surface area contributed by atoms with E-state index in [0.29, 0.717) is 6.54 Å². The number of hydrogen-bond acceptors (Lipinski definition) is 7. The molecule has 3 aromatic heterocycles. The summed E-state index contributed by atoms with van der Waals surface area (Å²) >= 11 is 0. The van der Waals surface area contributed by atoms with Gasteiger partial charge in [0.05, 0.1) is 18.3 Å². The van der Waals surface area contributed by atoms with E-state index in [9.17, 15) is 4.79 Å². The van der Waals surface area contributed by atoms with Gasteiger partial charge < -0.3 is 14.7 Å². The van der Waals surface area contributed by atoms with Crippen molar-refractivity contribution >= 4 is 0 Å². The number of aromatic amines is 1. The SMILES string of the molecule is C=C/C=C\C=C/CNC(C)C(N[C@H](CC)c1ncc(CC)[nH]1)(c1cnn(C)c1)c1nn(C(C)C)c(=O)o1. The van der Waals surface area contributed by atoms with Crippen molar-refractivity contribution < 1.29 is 4.42 Å². The van der Waals surface area contributed by atoms with Crippen molar-refractivity contribution in [1.29, 1.82) is 0 Å². The number of aromatic nitrogens is 6. The van der Waals surface area contributed by atoms with E-state index in [1.54, 1.807) is 17.0 Å².